The molecule has 0 radical (unpaired) electrons. The van der Waals surface area contributed by atoms with Crippen LogP contribution in [0.5, 0.6) is 0 Å². The third-order valence-electron chi connectivity index (χ3n) is 8.59. The van der Waals surface area contributed by atoms with Crippen molar-refractivity contribution < 1.29 is 19.1 Å². The number of amides is 3. The van der Waals surface area contributed by atoms with Gasteiger partial charge in [0.1, 0.15) is 0 Å². The summed E-state index contributed by atoms with van der Waals surface area (Å²) in [6.07, 6.45) is 5.00. The Morgan fingerprint density at radius 2 is 1.59 bits per heavy atom. The van der Waals surface area contributed by atoms with E-state index in [2.05, 4.69) is 15.2 Å². The maximum atomic E-state index is 14.3. The Morgan fingerprint density at radius 3 is 2.30 bits per heavy atom. The van der Waals surface area contributed by atoms with Crippen molar-refractivity contribution >= 4 is 34.5 Å². The molecule has 0 atom stereocenters. The van der Waals surface area contributed by atoms with E-state index < -0.39 is 12.0 Å². The lowest BCUT2D eigenvalue weighted by Gasteiger charge is -2.40. The number of carbonyl (C=O) groups is 3. The van der Waals surface area contributed by atoms with E-state index in [-0.39, 0.29) is 12.5 Å². The zero-order valence-corrected chi connectivity index (χ0v) is 24.9. The number of para-hydroxylation sites is 2. The molecule has 44 heavy (non-hydrogen) atoms. The Morgan fingerprint density at radius 1 is 0.909 bits per heavy atom. The van der Waals surface area contributed by atoms with Gasteiger partial charge in [0.2, 0.25) is 5.91 Å². The number of piperazine rings is 1. The average molecular weight is 592 g/mol. The molecule has 2 heterocycles. The second-order valence-corrected chi connectivity index (χ2v) is 11.4. The molecular weight excluding hydrogens is 554 g/mol. The van der Waals surface area contributed by atoms with E-state index in [1.807, 2.05) is 60.7 Å². The third kappa shape index (κ3) is 6.14. The first-order valence-electron chi connectivity index (χ1n) is 15.3. The van der Waals surface area contributed by atoms with E-state index in [9.17, 15) is 14.4 Å². The first kappa shape index (κ1) is 29.3. The first-order chi connectivity index (χ1) is 21.5. The number of benzene rings is 3. The molecule has 0 spiro atoms. The van der Waals surface area contributed by atoms with Crippen LogP contribution in [0.4, 0.5) is 10.5 Å². The van der Waals surface area contributed by atoms with Gasteiger partial charge in [-0.25, -0.2) is 9.78 Å². The number of aromatic nitrogens is 1. The molecule has 1 saturated carbocycles. The molecule has 226 valence electrons. The number of rotatable bonds is 6. The van der Waals surface area contributed by atoms with Crippen LogP contribution >= 0.6 is 0 Å². The maximum Gasteiger partial charge on any atom is 0.433 e. The Bertz CT molecular complexity index is 1640. The van der Waals surface area contributed by atoms with Crippen LogP contribution in [0.2, 0.25) is 0 Å². The molecule has 1 aromatic heterocycles. The largest absolute Gasteiger partial charge is 0.451 e. The normalized spacial score (nSPS) is 16.1. The average Bonchev–Trinajstić information content (AvgIpc) is 3.07. The summed E-state index contributed by atoms with van der Waals surface area (Å²) in [5.74, 6) is -0.345. The first-order valence-corrected chi connectivity index (χ1v) is 15.3. The minimum atomic E-state index is -0.725. The van der Waals surface area contributed by atoms with Crippen LogP contribution in [0.1, 0.15) is 48.0 Å². The zero-order chi connectivity index (χ0) is 30.5. The summed E-state index contributed by atoms with van der Waals surface area (Å²) in [4.78, 5) is 49.8. The molecule has 9 heteroatoms. The number of anilines is 1. The molecule has 2 aliphatic rings. The topological polar surface area (TPSA) is 95.1 Å². The highest BCUT2D eigenvalue weighted by Gasteiger charge is 2.32. The van der Waals surface area contributed by atoms with Crippen LogP contribution in [0.3, 0.4) is 0 Å². The van der Waals surface area contributed by atoms with Crippen molar-refractivity contribution in [3.05, 3.63) is 96.1 Å². The lowest BCUT2D eigenvalue weighted by molar-refractivity contribution is -0.139. The number of fused-ring (bicyclic) bond motifs is 1. The Kier molecular flexibility index (Phi) is 8.84. The summed E-state index contributed by atoms with van der Waals surface area (Å²) in [5.41, 5.74) is 6.55. The van der Waals surface area contributed by atoms with E-state index in [1.165, 1.54) is 26.4 Å². The molecule has 0 unspecified atom stereocenters. The van der Waals surface area contributed by atoms with Crippen molar-refractivity contribution in [1.29, 1.82) is 0 Å². The van der Waals surface area contributed by atoms with Gasteiger partial charge in [-0.2, -0.15) is 5.01 Å². The highest BCUT2D eigenvalue weighted by atomic mass is 16.5. The van der Waals surface area contributed by atoms with Gasteiger partial charge in [-0.05, 0) is 31.0 Å². The monoisotopic (exact) mass is 591 g/mol. The number of carbonyl (C=O) groups excluding carboxylic acids is 3. The van der Waals surface area contributed by atoms with Gasteiger partial charge in [0, 0.05) is 42.2 Å². The molecule has 0 bridgehead atoms. The van der Waals surface area contributed by atoms with Crippen LogP contribution in [0, 0.1) is 0 Å². The molecule has 3 amide bonds. The van der Waals surface area contributed by atoms with Gasteiger partial charge in [0.25, 0.3) is 5.91 Å². The number of nitrogens with one attached hydrogen (secondary N) is 1. The summed E-state index contributed by atoms with van der Waals surface area (Å²) in [7, 11) is 1.27. The van der Waals surface area contributed by atoms with Crippen molar-refractivity contribution in [2.75, 3.05) is 31.8 Å². The fraction of sp³-hybridized carbons (Fsp3) is 0.314. The van der Waals surface area contributed by atoms with Crippen LogP contribution in [0.25, 0.3) is 22.2 Å². The van der Waals surface area contributed by atoms with Gasteiger partial charge in [-0.1, -0.05) is 86.0 Å². The highest BCUT2D eigenvalue weighted by Crippen LogP contribution is 2.33. The minimum absolute atomic E-state index is 0.130. The maximum absolute atomic E-state index is 14.3. The number of ether oxygens (including phenoxy) is 1. The molecule has 1 aliphatic heterocycles. The fourth-order valence-corrected chi connectivity index (χ4v) is 6.41. The lowest BCUT2D eigenvalue weighted by Crippen LogP contribution is -2.54. The van der Waals surface area contributed by atoms with Gasteiger partial charge >= 0.3 is 6.09 Å². The van der Waals surface area contributed by atoms with Gasteiger partial charge in [-0.15, -0.1) is 0 Å². The lowest BCUT2D eigenvalue weighted by atomic mass is 9.93. The predicted octanol–water partition coefficient (Wildman–Crippen LogP) is 5.80. The van der Waals surface area contributed by atoms with Crippen molar-refractivity contribution in [2.45, 2.75) is 44.7 Å². The van der Waals surface area contributed by atoms with E-state index in [1.54, 1.807) is 24.3 Å². The van der Waals surface area contributed by atoms with Crippen molar-refractivity contribution in [3.63, 3.8) is 0 Å². The molecule has 2 fully saturated rings. The molecule has 4 aromatic rings. The van der Waals surface area contributed by atoms with E-state index in [0.717, 1.165) is 23.4 Å². The van der Waals surface area contributed by atoms with Gasteiger partial charge < -0.3 is 9.64 Å². The highest BCUT2D eigenvalue weighted by molar-refractivity contribution is 6.10. The van der Waals surface area contributed by atoms with Crippen molar-refractivity contribution in [1.82, 2.24) is 20.2 Å². The fourth-order valence-electron chi connectivity index (χ4n) is 6.41. The summed E-state index contributed by atoms with van der Waals surface area (Å²) in [6.45, 7) is 1.98. The Labute approximate surface area is 257 Å². The predicted molar refractivity (Wildman–Crippen MR) is 170 cm³/mol. The summed E-state index contributed by atoms with van der Waals surface area (Å²) in [6, 6.07) is 26.4. The second kappa shape index (κ2) is 13.3. The van der Waals surface area contributed by atoms with Crippen LogP contribution in [0.15, 0.2) is 84.9 Å². The van der Waals surface area contributed by atoms with Crippen molar-refractivity contribution in [3.8, 4) is 11.3 Å². The third-order valence-corrected chi connectivity index (χ3v) is 8.59. The quantitative estimate of drug-likeness (QED) is 0.285. The number of hydrogen-bond donors (Lipinski definition) is 1. The summed E-state index contributed by atoms with van der Waals surface area (Å²) in [5, 5.41) is 1.76. The summed E-state index contributed by atoms with van der Waals surface area (Å²) >= 11 is 0. The molecule has 1 saturated heterocycles. The van der Waals surface area contributed by atoms with Gasteiger partial charge in [-0.3, -0.25) is 19.9 Å². The Balaban J connectivity index is 1.41. The molecule has 1 N–H and O–H groups in total. The van der Waals surface area contributed by atoms with Crippen LogP contribution in [-0.2, 0) is 16.1 Å². The smallest absolute Gasteiger partial charge is 0.433 e. The SMILES string of the molecule is COC(=O)N(NC(=O)c1c(CN2CCN(C3CCCCC3)C(=O)C2)c(-c2ccccc2)nc2ccccc12)c1ccccc1. The van der Waals surface area contributed by atoms with E-state index in [0.29, 0.717) is 59.1 Å². The standard InChI is InChI=1S/C35H37N5O4/c1-44-35(43)40(27-17-9-4-10-18-27)37-34(42)32-28-19-11-12-20-30(28)36-33(25-13-5-2-6-14-25)29(32)23-38-21-22-39(31(41)24-38)26-15-7-3-8-16-26/h2,4-6,9-14,17-20,26H,3,7-8,15-16,21-24H2,1H3,(H,37,42). The second-order valence-electron chi connectivity index (χ2n) is 11.4. The van der Waals surface area contributed by atoms with Crippen LogP contribution < -0.4 is 10.4 Å². The summed E-state index contributed by atoms with van der Waals surface area (Å²) < 4.78 is 5.02. The molecule has 1 aliphatic carbocycles. The number of hydrogen-bond acceptors (Lipinski definition) is 6. The molecule has 6 rings (SSSR count). The number of methoxy groups -OCH3 is 1. The van der Waals surface area contributed by atoms with E-state index >= 15 is 0 Å². The minimum Gasteiger partial charge on any atom is -0.451 e. The van der Waals surface area contributed by atoms with Crippen molar-refractivity contribution in [2.24, 2.45) is 0 Å². The molecular formula is C35H37N5O4. The molecule has 9 nitrogen and oxygen atoms in total. The van der Waals surface area contributed by atoms with E-state index in [4.69, 9.17) is 9.72 Å². The number of pyridine rings is 1. The Hall–Kier alpha value is -4.76. The number of hydrazine groups is 1. The molecule has 3 aromatic carbocycles. The zero-order valence-electron chi connectivity index (χ0n) is 24.9. The van der Waals surface area contributed by atoms with Crippen LogP contribution in [-0.4, -0.2) is 65.5 Å². The van der Waals surface area contributed by atoms with Gasteiger partial charge in [0.15, 0.2) is 0 Å². The number of nitrogens with zero attached hydrogens (tertiary/aromatic N) is 4. The van der Waals surface area contributed by atoms with Gasteiger partial charge in [0.05, 0.1) is 36.1 Å².